The number of phosphoric acid groups is 1. The first-order valence-electron chi connectivity index (χ1n) is 9.09. The quantitative estimate of drug-likeness (QED) is 0.611. The highest BCUT2D eigenvalue weighted by Gasteiger charge is 2.72. The van der Waals surface area contributed by atoms with Crippen molar-refractivity contribution in [3.05, 3.63) is 29.8 Å². The number of benzene rings is 1. The summed E-state index contributed by atoms with van der Waals surface area (Å²) >= 11 is 0. The van der Waals surface area contributed by atoms with Crippen molar-refractivity contribution in [2.24, 2.45) is 23.7 Å². The molecule has 6 atom stereocenters. The molecular formula is C18H23O7P. The summed E-state index contributed by atoms with van der Waals surface area (Å²) in [5, 5.41) is 0. The minimum atomic E-state index is -4.61. The van der Waals surface area contributed by atoms with Crippen molar-refractivity contribution in [1.82, 2.24) is 0 Å². The number of methoxy groups -OCH3 is 1. The van der Waals surface area contributed by atoms with E-state index >= 15 is 0 Å². The summed E-state index contributed by atoms with van der Waals surface area (Å²) in [5.41, 5.74) is 0.0456. The Morgan fingerprint density at radius 3 is 2.62 bits per heavy atom. The van der Waals surface area contributed by atoms with Crippen LogP contribution in [0.25, 0.3) is 0 Å². The Balaban J connectivity index is 1.60. The molecule has 0 radical (unpaired) electrons. The van der Waals surface area contributed by atoms with Gasteiger partial charge in [-0.05, 0) is 61.1 Å². The van der Waals surface area contributed by atoms with Gasteiger partial charge >= 0.3 is 7.82 Å². The maximum Gasteiger partial charge on any atom is 0.524 e. The summed E-state index contributed by atoms with van der Waals surface area (Å²) < 4.78 is 22.3. The molecule has 2 N–H and O–H groups in total. The van der Waals surface area contributed by atoms with Crippen molar-refractivity contribution in [3.63, 3.8) is 0 Å². The highest BCUT2D eigenvalue weighted by Crippen LogP contribution is 2.69. The fourth-order valence-corrected chi connectivity index (χ4v) is 6.74. The molecule has 0 unspecified atom stereocenters. The Labute approximate surface area is 151 Å². The minimum absolute atomic E-state index is 0.154. The van der Waals surface area contributed by atoms with Gasteiger partial charge in [-0.25, -0.2) is 14.3 Å². The third-order valence-electron chi connectivity index (χ3n) is 7.12. The zero-order valence-electron chi connectivity index (χ0n) is 14.5. The van der Waals surface area contributed by atoms with Gasteiger partial charge in [0.25, 0.3) is 0 Å². The minimum Gasteiger partial charge on any atom is -0.404 e. The lowest BCUT2D eigenvalue weighted by atomic mass is 9.43. The van der Waals surface area contributed by atoms with Crippen LogP contribution in [0.4, 0.5) is 0 Å². The van der Waals surface area contributed by atoms with Crippen molar-refractivity contribution in [3.8, 4) is 5.75 Å². The fourth-order valence-electron chi connectivity index (χ4n) is 6.35. The summed E-state index contributed by atoms with van der Waals surface area (Å²) in [4.78, 5) is 29.2. The van der Waals surface area contributed by atoms with E-state index in [4.69, 9.17) is 28.8 Å². The molecule has 1 saturated heterocycles. The molecule has 1 aromatic rings. The number of hydrogen-bond donors (Lipinski definition) is 2. The van der Waals surface area contributed by atoms with Gasteiger partial charge in [0, 0.05) is 13.0 Å². The monoisotopic (exact) mass is 382 g/mol. The van der Waals surface area contributed by atoms with Gasteiger partial charge in [-0.1, -0.05) is 12.1 Å². The zero-order valence-corrected chi connectivity index (χ0v) is 15.4. The second-order valence-corrected chi connectivity index (χ2v) is 9.33. The first kappa shape index (κ1) is 17.2. The van der Waals surface area contributed by atoms with E-state index in [9.17, 15) is 4.57 Å². The van der Waals surface area contributed by atoms with Crippen molar-refractivity contribution in [2.75, 3.05) is 13.7 Å². The molecule has 26 heavy (non-hydrogen) atoms. The molecular weight excluding hydrogens is 359 g/mol. The first-order chi connectivity index (χ1) is 12.4. The van der Waals surface area contributed by atoms with Gasteiger partial charge < -0.3 is 9.26 Å². The van der Waals surface area contributed by atoms with Gasteiger partial charge in [-0.15, -0.1) is 0 Å². The van der Waals surface area contributed by atoms with Crippen molar-refractivity contribution in [1.29, 1.82) is 0 Å². The van der Waals surface area contributed by atoms with Gasteiger partial charge in [0.2, 0.25) is 0 Å². The standard InChI is InChI=1S/C18H23O7P/c1-22-18(12-3-2-4-15(9-12)24-26(19,20)21)14-6-11-5-13(8-14)17(10-23-25-17)16(18)7-11/h2-4,9,11,13-14,16H,5-8,10H2,1H3,(H2,19,20,21)/t11-,13+,14+,16-,17+,18+/m1/s1. The van der Waals surface area contributed by atoms with Crippen molar-refractivity contribution >= 4 is 7.82 Å². The summed E-state index contributed by atoms with van der Waals surface area (Å²) in [6.07, 6.45) is 4.35. The molecule has 1 aromatic carbocycles. The van der Waals surface area contributed by atoms with Gasteiger partial charge in [-0.3, -0.25) is 9.79 Å². The van der Waals surface area contributed by atoms with E-state index in [-0.39, 0.29) is 17.3 Å². The van der Waals surface area contributed by atoms with Crippen LogP contribution in [0.5, 0.6) is 5.75 Å². The van der Waals surface area contributed by atoms with E-state index in [2.05, 4.69) is 0 Å². The Bertz CT molecular complexity index is 773. The van der Waals surface area contributed by atoms with Crippen LogP contribution in [0.1, 0.15) is 31.2 Å². The molecule has 5 aliphatic rings. The average molecular weight is 382 g/mol. The van der Waals surface area contributed by atoms with Crippen LogP contribution in [-0.2, 0) is 24.7 Å². The third-order valence-corrected chi connectivity index (χ3v) is 7.57. The predicted molar refractivity (Wildman–Crippen MR) is 90.0 cm³/mol. The van der Waals surface area contributed by atoms with Gasteiger partial charge in [0.1, 0.15) is 23.6 Å². The number of hydrogen-bond acceptors (Lipinski definition) is 5. The smallest absolute Gasteiger partial charge is 0.404 e. The van der Waals surface area contributed by atoms with Crippen LogP contribution in [0, 0.1) is 23.7 Å². The molecule has 4 aliphatic carbocycles. The third kappa shape index (κ3) is 2.22. The normalized spacial score (nSPS) is 43.5. The highest BCUT2D eigenvalue weighted by atomic mass is 31.2. The molecule has 4 bridgehead atoms. The molecule has 6 rings (SSSR count). The Morgan fingerprint density at radius 2 is 1.96 bits per heavy atom. The van der Waals surface area contributed by atoms with Gasteiger partial charge in [0.15, 0.2) is 0 Å². The lowest BCUT2D eigenvalue weighted by molar-refractivity contribution is -0.524. The molecule has 1 heterocycles. The number of phosphoric ester groups is 1. The Kier molecular flexibility index (Phi) is 3.65. The maximum atomic E-state index is 11.2. The lowest BCUT2D eigenvalue weighted by Crippen LogP contribution is -2.73. The summed E-state index contributed by atoms with van der Waals surface area (Å²) in [6.45, 7) is 0.589. The Morgan fingerprint density at radius 1 is 1.19 bits per heavy atom. The average Bonchev–Trinajstić information content (AvgIpc) is 2.52. The molecule has 5 fully saturated rings. The van der Waals surface area contributed by atoms with Crippen LogP contribution >= 0.6 is 7.82 Å². The summed E-state index contributed by atoms with van der Waals surface area (Å²) in [7, 11) is -2.88. The molecule has 1 aliphatic heterocycles. The van der Waals surface area contributed by atoms with Crippen LogP contribution in [-0.4, -0.2) is 29.1 Å². The molecule has 8 heteroatoms. The molecule has 142 valence electrons. The maximum absolute atomic E-state index is 11.2. The van der Waals surface area contributed by atoms with E-state index in [1.807, 2.05) is 6.07 Å². The molecule has 7 nitrogen and oxygen atoms in total. The lowest BCUT2D eigenvalue weighted by Gasteiger charge is -2.69. The van der Waals surface area contributed by atoms with E-state index in [0.29, 0.717) is 24.4 Å². The molecule has 1 spiro atoms. The van der Waals surface area contributed by atoms with Gasteiger partial charge in [0.05, 0.1) is 0 Å². The first-order valence-corrected chi connectivity index (χ1v) is 10.6. The Hall–Kier alpha value is -0.950. The van der Waals surface area contributed by atoms with E-state index in [1.165, 1.54) is 6.42 Å². The summed E-state index contributed by atoms with van der Waals surface area (Å²) in [5.74, 6) is 1.86. The number of ether oxygens (including phenoxy) is 1. The SMILES string of the molecule is CO[C@@]1(c2cccc(OP(=O)(O)O)c2)[C@H]2C[C@H]3C[C@@H](C2)[C@@]2(COO2)[C@H]1C3. The van der Waals surface area contributed by atoms with E-state index in [1.54, 1.807) is 25.3 Å². The summed E-state index contributed by atoms with van der Waals surface area (Å²) in [6, 6.07) is 6.99. The topological polar surface area (TPSA) is 94.5 Å². The molecule has 0 aromatic heterocycles. The van der Waals surface area contributed by atoms with Crippen LogP contribution in [0.2, 0.25) is 0 Å². The van der Waals surface area contributed by atoms with Crippen LogP contribution in [0.15, 0.2) is 24.3 Å². The molecule has 4 saturated carbocycles. The zero-order chi connectivity index (χ0) is 18.2. The van der Waals surface area contributed by atoms with E-state index in [0.717, 1.165) is 24.8 Å². The highest BCUT2D eigenvalue weighted by molar-refractivity contribution is 7.46. The van der Waals surface area contributed by atoms with E-state index < -0.39 is 13.4 Å². The number of rotatable bonds is 4. The largest absolute Gasteiger partial charge is 0.524 e. The molecule has 0 amide bonds. The predicted octanol–water partition coefficient (Wildman–Crippen LogP) is 2.77. The van der Waals surface area contributed by atoms with Gasteiger partial charge in [-0.2, -0.15) is 0 Å². The van der Waals surface area contributed by atoms with Crippen LogP contribution < -0.4 is 4.52 Å². The van der Waals surface area contributed by atoms with Crippen molar-refractivity contribution < 1.29 is 33.4 Å². The van der Waals surface area contributed by atoms with Crippen molar-refractivity contribution in [2.45, 2.75) is 36.9 Å². The fraction of sp³-hybridized carbons (Fsp3) is 0.667. The second-order valence-electron chi connectivity index (χ2n) is 8.16. The van der Waals surface area contributed by atoms with Crippen LogP contribution in [0.3, 0.4) is 0 Å². The second kappa shape index (κ2) is 5.53.